The van der Waals surface area contributed by atoms with Gasteiger partial charge in [0.25, 0.3) is 0 Å². The van der Waals surface area contributed by atoms with E-state index in [-0.39, 0.29) is 5.41 Å². The van der Waals surface area contributed by atoms with Gasteiger partial charge in [0.15, 0.2) is 0 Å². The first-order valence-electron chi connectivity index (χ1n) is 7.23. The van der Waals surface area contributed by atoms with Gasteiger partial charge in [0.2, 0.25) is 0 Å². The van der Waals surface area contributed by atoms with Gasteiger partial charge in [-0.1, -0.05) is 15.9 Å². The Kier molecular flexibility index (Phi) is 2.91. The predicted octanol–water partition coefficient (Wildman–Crippen LogP) is 3.52. The van der Waals surface area contributed by atoms with Gasteiger partial charge < -0.3 is 14.8 Å². The number of aromatic nitrogens is 1. The maximum atomic E-state index is 11.4. The largest absolute Gasteiger partial charge is 0.478 e. The van der Waals surface area contributed by atoms with E-state index in [4.69, 9.17) is 4.74 Å². The third-order valence-corrected chi connectivity index (χ3v) is 5.63. The monoisotopic (exact) mass is 349 g/mol. The van der Waals surface area contributed by atoms with Gasteiger partial charge in [-0.15, -0.1) is 0 Å². The number of aryl methyl sites for hydroxylation is 1. The molecule has 2 aromatic rings. The number of fused-ring (bicyclic) bond motifs is 3. The minimum Gasteiger partial charge on any atom is -0.478 e. The molecule has 4 nitrogen and oxygen atoms in total. The zero-order valence-corrected chi connectivity index (χ0v) is 13.1. The molecule has 1 aromatic carbocycles. The molecule has 0 bridgehead atoms. The maximum absolute atomic E-state index is 11.4. The predicted molar refractivity (Wildman–Crippen MR) is 82.9 cm³/mol. The molecule has 1 aromatic heterocycles. The van der Waals surface area contributed by atoms with E-state index >= 15 is 0 Å². The molecular formula is C16H16BrNO3. The number of nitrogens with one attached hydrogen (secondary N) is 1. The first kappa shape index (κ1) is 13.3. The van der Waals surface area contributed by atoms with E-state index < -0.39 is 5.97 Å². The number of carboxylic acids is 1. The first-order chi connectivity index (χ1) is 10.1. The summed E-state index contributed by atoms with van der Waals surface area (Å²) in [5.41, 5.74) is 3.81. The van der Waals surface area contributed by atoms with Gasteiger partial charge >= 0.3 is 5.97 Å². The van der Waals surface area contributed by atoms with Crippen molar-refractivity contribution in [2.24, 2.45) is 5.41 Å². The van der Waals surface area contributed by atoms with Crippen LogP contribution in [-0.4, -0.2) is 29.3 Å². The minimum atomic E-state index is -0.884. The van der Waals surface area contributed by atoms with Gasteiger partial charge in [-0.2, -0.15) is 0 Å². The minimum absolute atomic E-state index is 0.251. The molecule has 2 N–H and O–H groups in total. The summed E-state index contributed by atoms with van der Waals surface area (Å²) in [6, 6.07) is 3.50. The topological polar surface area (TPSA) is 62.3 Å². The molecule has 1 spiro atoms. The fraction of sp³-hybridized carbons (Fsp3) is 0.438. The Balaban J connectivity index is 1.92. The number of carboxylic acid groups (broad SMARTS) is 1. The lowest BCUT2D eigenvalue weighted by Crippen LogP contribution is -2.28. The van der Waals surface area contributed by atoms with Gasteiger partial charge in [0.05, 0.1) is 17.7 Å². The summed E-state index contributed by atoms with van der Waals surface area (Å²) in [6.07, 6.45) is 4.17. The third kappa shape index (κ3) is 1.94. The Morgan fingerprint density at radius 3 is 2.95 bits per heavy atom. The highest BCUT2D eigenvalue weighted by Gasteiger charge is 2.39. The van der Waals surface area contributed by atoms with Gasteiger partial charge in [-0.05, 0) is 43.4 Å². The number of halogens is 1. The van der Waals surface area contributed by atoms with Crippen LogP contribution in [0.2, 0.25) is 0 Å². The van der Waals surface area contributed by atoms with Crippen molar-refractivity contribution in [3.63, 3.8) is 0 Å². The van der Waals surface area contributed by atoms with Gasteiger partial charge in [-0.3, -0.25) is 0 Å². The fourth-order valence-electron chi connectivity index (χ4n) is 3.81. The van der Waals surface area contributed by atoms with Crippen molar-refractivity contribution < 1.29 is 14.6 Å². The van der Waals surface area contributed by atoms with Crippen molar-refractivity contribution in [3.8, 4) is 0 Å². The second kappa shape index (κ2) is 4.58. The van der Waals surface area contributed by atoms with Crippen LogP contribution in [0.15, 0.2) is 16.6 Å². The second-order valence-electron chi connectivity index (χ2n) is 6.21. The highest BCUT2D eigenvalue weighted by Crippen LogP contribution is 2.45. The number of aromatic carboxylic acids is 1. The van der Waals surface area contributed by atoms with Crippen molar-refractivity contribution in [1.82, 2.24) is 4.98 Å². The standard InChI is InChI=1S/C16H16BrNO3/c17-11-2-1-9(15(19)20)14-13(11)10-7-16(5-6-21-8-16)4-3-12(10)18-14/h1-2,18H,3-8H2,(H,19,20). The summed E-state index contributed by atoms with van der Waals surface area (Å²) in [5, 5.41) is 10.4. The normalized spacial score (nSPS) is 24.6. The number of carbonyl (C=O) groups is 1. The van der Waals surface area contributed by atoms with Crippen molar-refractivity contribution in [1.29, 1.82) is 0 Å². The van der Waals surface area contributed by atoms with E-state index in [0.717, 1.165) is 54.3 Å². The van der Waals surface area contributed by atoms with Crippen LogP contribution in [0.25, 0.3) is 10.9 Å². The van der Waals surface area contributed by atoms with Crippen LogP contribution in [0, 0.1) is 5.41 Å². The number of ether oxygens (including phenoxy) is 1. The second-order valence-corrected chi connectivity index (χ2v) is 7.07. The molecule has 4 rings (SSSR count). The van der Waals surface area contributed by atoms with E-state index in [1.165, 1.54) is 11.3 Å². The summed E-state index contributed by atoms with van der Waals surface area (Å²) in [4.78, 5) is 14.8. The summed E-state index contributed by atoms with van der Waals surface area (Å²) in [7, 11) is 0. The molecule has 1 fully saturated rings. The highest BCUT2D eigenvalue weighted by atomic mass is 79.9. The first-order valence-corrected chi connectivity index (χ1v) is 8.02. The van der Waals surface area contributed by atoms with E-state index in [1.54, 1.807) is 6.07 Å². The maximum Gasteiger partial charge on any atom is 0.337 e. The molecular weight excluding hydrogens is 334 g/mol. The summed E-state index contributed by atoms with van der Waals surface area (Å²) in [6.45, 7) is 1.68. The summed E-state index contributed by atoms with van der Waals surface area (Å²) in [5.74, 6) is -0.884. The molecule has 0 saturated carbocycles. The highest BCUT2D eigenvalue weighted by molar-refractivity contribution is 9.10. The molecule has 1 atom stereocenters. The molecule has 1 saturated heterocycles. The smallest absolute Gasteiger partial charge is 0.337 e. The number of rotatable bonds is 1. The Labute approximate surface area is 130 Å². The molecule has 1 aliphatic heterocycles. The molecule has 21 heavy (non-hydrogen) atoms. The van der Waals surface area contributed by atoms with Crippen LogP contribution in [0.3, 0.4) is 0 Å². The van der Waals surface area contributed by atoms with Crippen molar-refractivity contribution in [3.05, 3.63) is 33.4 Å². The molecule has 2 aliphatic rings. The van der Waals surface area contributed by atoms with Crippen LogP contribution >= 0.6 is 15.9 Å². The van der Waals surface area contributed by atoms with Crippen LogP contribution < -0.4 is 0 Å². The molecule has 1 unspecified atom stereocenters. The van der Waals surface area contributed by atoms with Gasteiger partial charge in [-0.25, -0.2) is 4.79 Å². The van der Waals surface area contributed by atoms with E-state index in [9.17, 15) is 9.90 Å². The van der Waals surface area contributed by atoms with Crippen molar-refractivity contribution in [2.45, 2.75) is 25.7 Å². The molecule has 0 amide bonds. The molecule has 0 radical (unpaired) electrons. The van der Waals surface area contributed by atoms with Crippen LogP contribution in [-0.2, 0) is 17.6 Å². The van der Waals surface area contributed by atoms with Gasteiger partial charge in [0, 0.05) is 27.6 Å². The fourth-order valence-corrected chi connectivity index (χ4v) is 4.38. The van der Waals surface area contributed by atoms with Crippen LogP contribution in [0.5, 0.6) is 0 Å². The number of hydrogen-bond acceptors (Lipinski definition) is 2. The zero-order chi connectivity index (χ0) is 14.6. The molecule has 1 aliphatic carbocycles. The Bertz CT molecular complexity index is 744. The lowest BCUT2D eigenvalue weighted by atomic mass is 9.72. The van der Waals surface area contributed by atoms with E-state index in [2.05, 4.69) is 20.9 Å². The third-order valence-electron chi connectivity index (χ3n) is 4.97. The zero-order valence-electron chi connectivity index (χ0n) is 11.5. The Morgan fingerprint density at radius 1 is 1.38 bits per heavy atom. The lowest BCUT2D eigenvalue weighted by Gasteiger charge is -2.31. The Hall–Kier alpha value is -1.33. The van der Waals surface area contributed by atoms with E-state index in [1.807, 2.05) is 6.07 Å². The van der Waals surface area contributed by atoms with Crippen molar-refractivity contribution >= 4 is 32.8 Å². The number of benzene rings is 1. The van der Waals surface area contributed by atoms with Crippen LogP contribution in [0.1, 0.15) is 34.5 Å². The number of hydrogen-bond donors (Lipinski definition) is 2. The molecule has 2 heterocycles. The number of aromatic amines is 1. The molecule has 110 valence electrons. The van der Waals surface area contributed by atoms with Crippen LogP contribution in [0.4, 0.5) is 0 Å². The quantitative estimate of drug-likeness (QED) is 0.827. The van der Waals surface area contributed by atoms with Crippen molar-refractivity contribution in [2.75, 3.05) is 13.2 Å². The summed E-state index contributed by atoms with van der Waals surface area (Å²) >= 11 is 3.59. The van der Waals surface area contributed by atoms with Gasteiger partial charge in [0.1, 0.15) is 0 Å². The summed E-state index contributed by atoms with van der Waals surface area (Å²) < 4.78 is 6.59. The number of H-pyrrole nitrogens is 1. The lowest BCUT2D eigenvalue weighted by molar-refractivity contribution is 0.0699. The average Bonchev–Trinajstić information content (AvgIpc) is 3.04. The van der Waals surface area contributed by atoms with E-state index in [0.29, 0.717) is 5.56 Å². The average molecular weight is 350 g/mol. The SMILES string of the molecule is O=C(O)c1ccc(Br)c2c3c([nH]c12)CCC1(CCOC1)C3. The molecule has 5 heteroatoms. The Morgan fingerprint density at radius 2 is 2.24 bits per heavy atom.